The first-order valence-corrected chi connectivity index (χ1v) is 11.6. The molecule has 30 heavy (non-hydrogen) atoms. The molecule has 1 fully saturated rings. The lowest BCUT2D eigenvalue weighted by Crippen LogP contribution is -2.36. The zero-order valence-corrected chi connectivity index (χ0v) is 20.7. The van der Waals surface area contributed by atoms with E-state index in [2.05, 4.69) is 34.7 Å². The van der Waals surface area contributed by atoms with Gasteiger partial charge in [0.2, 0.25) is 10.0 Å². The second-order valence-corrected chi connectivity index (χ2v) is 9.17. The van der Waals surface area contributed by atoms with Crippen LogP contribution >= 0.6 is 24.0 Å². The van der Waals surface area contributed by atoms with Crippen molar-refractivity contribution in [1.82, 2.24) is 14.9 Å². The molecule has 0 saturated carbocycles. The highest BCUT2D eigenvalue weighted by Crippen LogP contribution is 2.21. The van der Waals surface area contributed by atoms with E-state index in [4.69, 9.17) is 0 Å². The van der Waals surface area contributed by atoms with Gasteiger partial charge in [-0.3, -0.25) is 0 Å². The molecule has 0 radical (unpaired) electrons. The van der Waals surface area contributed by atoms with E-state index in [0.717, 1.165) is 30.9 Å². The van der Waals surface area contributed by atoms with Gasteiger partial charge < -0.3 is 10.6 Å². The van der Waals surface area contributed by atoms with Crippen molar-refractivity contribution < 1.29 is 8.42 Å². The Hall–Kier alpha value is -1.65. The number of rotatable bonds is 7. The molecule has 0 unspecified atom stereocenters. The highest BCUT2D eigenvalue weighted by molar-refractivity contribution is 14.0. The Balaban J connectivity index is 0.00000320. The molecule has 2 aromatic carbocycles. The van der Waals surface area contributed by atoms with Crippen molar-refractivity contribution in [3.05, 3.63) is 65.2 Å². The zero-order valence-electron chi connectivity index (χ0n) is 17.6. The molecule has 0 aromatic heterocycles. The first-order chi connectivity index (χ1) is 14.0. The van der Waals surface area contributed by atoms with Gasteiger partial charge in [-0.2, -0.15) is 4.31 Å². The highest BCUT2D eigenvalue weighted by Gasteiger charge is 2.26. The van der Waals surface area contributed by atoms with Crippen molar-refractivity contribution in [2.45, 2.75) is 44.7 Å². The van der Waals surface area contributed by atoms with Crippen molar-refractivity contribution in [1.29, 1.82) is 0 Å². The number of nitrogens with one attached hydrogen (secondary N) is 2. The lowest BCUT2D eigenvalue weighted by molar-refractivity contribution is 0.477. The minimum absolute atomic E-state index is 0. The largest absolute Gasteiger partial charge is 0.357 e. The standard InChI is InChI=1S/C22H30N4O2S.HI/c1-3-23-22(25-17-20-9-5-4-8-18(20)2)24-16-19-10-12-21(13-11-19)29(27,28)26-14-6-7-15-26;/h4-5,8-13H,3,6-7,14-17H2,1-2H3,(H2,23,24,25);1H. The molecule has 164 valence electrons. The summed E-state index contributed by atoms with van der Waals surface area (Å²) in [5.41, 5.74) is 3.44. The monoisotopic (exact) mass is 542 g/mol. The Morgan fingerprint density at radius 2 is 1.70 bits per heavy atom. The van der Waals surface area contributed by atoms with Gasteiger partial charge in [-0.25, -0.2) is 13.4 Å². The van der Waals surface area contributed by atoms with Gasteiger partial charge in [-0.05, 0) is 55.5 Å². The van der Waals surface area contributed by atoms with Gasteiger partial charge in [0.1, 0.15) is 0 Å². The molecule has 2 aromatic rings. The van der Waals surface area contributed by atoms with E-state index in [1.807, 2.05) is 31.2 Å². The number of halogens is 1. The van der Waals surface area contributed by atoms with Crippen molar-refractivity contribution in [2.75, 3.05) is 19.6 Å². The van der Waals surface area contributed by atoms with Gasteiger partial charge in [0.15, 0.2) is 5.96 Å². The molecule has 2 N–H and O–H groups in total. The smallest absolute Gasteiger partial charge is 0.243 e. The van der Waals surface area contributed by atoms with Crippen LogP contribution in [0.25, 0.3) is 0 Å². The van der Waals surface area contributed by atoms with Crippen molar-refractivity contribution in [3.63, 3.8) is 0 Å². The summed E-state index contributed by atoms with van der Waals surface area (Å²) in [6.07, 6.45) is 1.88. The van der Waals surface area contributed by atoms with E-state index in [-0.39, 0.29) is 24.0 Å². The summed E-state index contributed by atoms with van der Waals surface area (Å²) >= 11 is 0. The predicted molar refractivity (Wildman–Crippen MR) is 133 cm³/mol. The fourth-order valence-corrected chi connectivity index (χ4v) is 4.86. The highest BCUT2D eigenvalue weighted by atomic mass is 127. The summed E-state index contributed by atoms with van der Waals surface area (Å²) in [5.74, 6) is 0.740. The van der Waals surface area contributed by atoms with Gasteiger partial charge in [0.05, 0.1) is 11.4 Å². The predicted octanol–water partition coefficient (Wildman–Crippen LogP) is 3.65. The van der Waals surface area contributed by atoms with Gasteiger partial charge in [0, 0.05) is 26.2 Å². The molecule has 1 aliphatic heterocycles. The lowest BCUT2D eigenvalue weighted by atomic mass is 10.1. The molecule has 8 heteroatoms. The zero-order chi connectivity index (χ0) is 20.7. The molecule has 3 rings (SSSR count). The van der Waals surface area contributed by atoms with Crippen LogP contribution in [0.1, 0.15) is 36.5 Å². The van der Waals surface area contributed by atoms with E-state index in [0.29, 0.717) is 31.1 Å². The summed E-state index contributed by atoms with van der Waals surface area (Å²) in [7, 11) is -3.37. The maximum atomic E-state index is 12.6. The maximum absolute atomic E-state index is 12.6. The van der Waals surface area contributed by atoms with Gasteiger partial charge in [-0.1, -0.05) is 36.4 Å². The Morgan fingerprint density at radius 1 is 1.03 bits per heavy atom. The van der Waals surface area contributed by atoms with Crippen LogP contribution in [0.15, 0.2) is 58.4 Å². The number of aliphatic imine (C=N–C) groups is 1. The summed E-state index contributed by atoms with van der Waals surface area (Å²) in [4.78, 5) is 4.99. The molecule has 1 saturated heterocycles. The number of hydrogen-bond acceptors (Lipinski definition) is 3. The minimum Gasteiger partial charge on any atom is -0.357 e. The van der Waals surface area contributed by atoms with E-state index in [9.17, 15) is 8.42 Å². The second kappa shape index (κ2) is 11.7. The Kier molecular flexibility index (Phi) is 9.57. The molecule has 1 aliphatic rings. The van der Waals surface area contributed by atoms with Crippen molar-refractivity contribution in [2.24, 2.45) is 4.99 Å². The Bertz CT molecular complexity index is 940. The SMILES string of the molecule is CCNC(=NCc1ccc(S(=O)(=O)N2CCCC2)cc1)NCc1ccccc1C.I. The molecule has 0 aliphatic carbocycles. The summed E-state index contributed by atoms with van der Waals surface area (Å²) in [6.45, 7) is 7.31. The summed E-state index contributed by atoms with van der Waals surface area (Å²) in [5, 5.41) is 6.61. The normalized spacial score (nSPS) is 14.9. The van der Waals surface area contributed by atoms with E-state index in [1.165, 1.54) is 11.1 Å². The van der Waals surface area contributed by atoms with Crippen LogP contribution in [0, 0.1) is 6.92 Å². The first-order valence-electron chi connectivity index (χ1n) is 10.2. The third-order valence-electron chi connectivity index (χ3n) is 5.10. The number of benzene rings is 2. The molecule has 6 nitrogen and oxygen atoms in total. The fraction of sp³-hybridized carbons (Fsp3) is 0.409. The molecule has 0 bridgehead atoms. The van der Waals surface area contributed by atoms with E-state index < -0.39 is 10.0 Å². The van der Waals surface area contributed by atoms with Crippen LogP contribution in [0.4, 0.5) is 0 Å². The number of sulfonamides is 1. The quantitative estimate of drug-likeness (QED) is 0.318. The maximum Gasteiger partial charge on any atom is 0.243 e. The topological polar surface area (TPSA) is 73.8 Å². The van der Waals surface area contributed by atoms with Crippen LogP contribution < -0.4 is 10.6 Å². The van der Waals surface area contributed by atoms with Crippen LogP contribution in [-0.2, 0) is 23.1 Å². The van der Waals surface area contributed by atoms with Crippen LogP contribution in [0.2, 0.25) is 0 Å². The van der Waals surface area contributed by atoms with Gasteiger partial charge >= 0.3 is 0 Å². The third-order valence-corrected chi connectivity index (χ3v) is 7.01. The van der Waals surface area contributed by atoms with Crippen LogP contribution in [0.3, 0.4) is 0 Å². The van der Waals surface area contributed by atoms with Gasteiger partial charge in [-0.15, -0.1) is 24.0 Å². The van der Waals surface area contributed by atoms with Crippen molar-refractivity contribution in [3.8, 4) is 0 Å². The number of nitrogens with zero attached hydrogens (tertiary/aromatic N) is 2. The second-order valence-electron chi connectivity index (χ2n) is 7.23. The number of guanidine groups is 1. The summed E-state index contributed by atoms with van der Waals surface area (Å²) in [6, 6.07) is 15.3. The van der Waals surface area contributed by atoms with E-state index in [1.54, 1.807) is 16.4 Å². The molecule has 0 spiro atoms. The third kappa shape index (κ3) is 6.42. The van der Waals surface area contributed by atoms with Crippen molar-refractivity contribution >= 4 is 40.0 Å². The number of hydrogen-bond donors (Lipinski definition) is 2. The molecule has 0 amide bonds. The van der Waals surface area contributed by atoms with Crippen LogP contribution in [-0.4, -0.2) is 38.3 Å². The first kappa shape index (κ1) is 24.6. The van der Waals surface area contributed by atoms with E-state index >= 15 is 0 Å². The average molecular weight is 542 g/mol. The molecule has 1 heterocycles. The minimum atomic E-state index is -3.37. The Labute approximate surface area is 197 Å². The molecular formula is C22H31IN4O2S. The average Bonchev–Trinajstić information content (AvgIpc) is 3.27. The fourth-order valence-electron chi connectivity index (χ4n) is 3.34. The molecular weight excluding hydrogens is 511 g/mol. The van der Waals surface area contributed by atoms with Crippen LogP contribution in [0.5, 0.6) is 0 Å². The van der Waals surface area contributed by atoms with Gasteiger partial charge in [0.25, 0.3) is 0 Å². The summed E-state index contributed by atoms with van der Waals surface area (Å²) < 4.78 is 26.8. The number of aryl methyl sites for hydroxylation is 1. The lowest BCUT2D eigenvalue weighted by Gasteiger charge is -2.15. The Morgan fingerprint density at radius 3 is 2.33 bits per heavy atom. The molecule has 0 atom stereocenters.